The fourth-order valence-corrected chi connectivity index (χ4v) is 4.49. The Morgan fingerprint density at radius 2 is 1.60 bits per heavy atom. The monoisotopic (exact) mass is 413 g/mol. The number of hydrogen-bond acceptors (Lipinski definition) is 4. The van der Waals surface area contributed by atoms with E-state index in [1.54, 1.807) is 0 Å². The van der Waals surface area contributed by atoms with Crippen LogP contribution in [-0.4, -0.2) is 41.4 Å². The van der Waals surface area contributed by atoms with Crippen LogP contribution in [-0.2, 0) is 16.0 Å². The van der Waals surface area contributed by atoms with E-state index in [1.807, 2.05) is 4.68 Å². The lowest BCUT2D eigenvalue weighted by atomic mass is 9.83. The number of nitrogens with zero attached hydrogens (tertiary/aromatic N) is 3. The second-order valence-corrected chi connectivity index (χ2v) is 9.08. The van der Waals surface area contributed by atoms with E-state index in [0.717, 1.165) is 44.4 Å². The van der Waals surface area contributed by atoms with E-state index in [1.165, 1.54) is 31.2 Å². The van der Waals surface area contributed by atoms with E-state index >= 15 is 0 Å². The molecule has 0 amide bonds. The maximum atomic E-state index is 5.99. The van der Waals surface area contributed by atoms with Gasteiger partial charge in [-0.2, -0.15) is 0 Å². The maximum Gasteiger partial charge on any atom is 0.0904 e. The van der Waals surface area contributed by atoms with Gasteiger partial charge in [0.15, 0.2) is 0 Å². The minimum atomic E-state index is 0.275. The summed E-state index contributed by atoms with van der Waals surface area (Å²) in [4.78, 5) is 0. The zero-order valence-electron chi connectivity index (χ0n) is 19.0. The molecule has 1 aromatic carbocycles. The predicted molar refractivity (Wildman–Crippen MR) is 121 cm³/mol. The van der Waals surface area contributed by atoms with Crippen molar-refractivity contribution >= 4 is 0 Å². The topological polar surface area (TPSA) is 49.2 Å². The molecule has 3 rings (SSSR count). The van der Waals surface area contributed by atoms with Crippen LogP contribution in [0.1, 0.15) is 70.1 Å². The van der Waals surface area contributed by atoms with E-state index in [4.69, 9.17) is 9.47 Å². The van der Waals surface area contributed by atoms with Gasteiger partial charge < -0.3 is 9.47 Å². The lowest BCUT2D eigenvalue weighted by Crippen LogP contribution is -2.22. The molecule has 1 unspecified atom stereocenters. The van der Waals surface area contributed by atoms with Crippen molar-refractivity contribution in [1.29, 1.82) is 0 Å². The molecular formula is C25H39N3O2. The van der Waals surface area contributed by atoms with Crippen LogP contribution in [0.5, 0.6) is 0 Å². The lowest BCUT2D eigenvalue weighted by Gasteiger charge is -2.28. The van der Waals surface area contributed by atoms with E-state index in [9.17, 15) is 0 Å². The molecule has 0 aliphatic heterocycles. The minimum absolute atomic E-state index is 0.275. The smallest absolute Gasteiger partial charge is 0.0904 e. The molecule has 0 radical (unpaired) electrons. The summed E-state index contributed by atoms with van der Waals surface area (Å²) >= 11 is 0. The van der Waals surface area contributed by atoms with Gasteiger partial charge in [-0.05, 0) is 55.4 Å². The van der Waals surface area contributed by atoms with Gasteiger partial charge >= 0.3 is 0 Å². The second kappa shape index (κ2) is 12.2. The van der Waals surface area contributed by atoms with E-state index < -0.39 is 0 Å². The molecule has 2 aromatic rings. The molecule has 0 N–H and O–H groups in total. The third kappa shape index (κ3) is 6.92. The Morgan fingerprint density at radius 3 is 2.20 bits per heavy atom. The summed E-state index contributed by atoms with van der Waals surface area (Å²) in [6, 6.07) is 10.6. The molecule has 0 saturated heterocycles. The summed E-state index contributed by atoms with van der Waals surface area (Å²) in [5, 5.41) is 8.81. The van der Waals surface area contributed by atoms with Gasteiger partial charge in [0.05, 0.1) is 18.8 Å². The van der Waals surface area contributed by atoms with Gasteiger partial charge in [-0.25, -0.2) is 4.68 Å². The zero-order chi connectivity index (χ0) is 21.2. The van der Waals surface area contributed by atoms with E-state index in [2.05, 4.69) is 67.6 Å². The standard InChI is InChI=1S/C25H39N3O2/c1-4-15-29-18-21-10-12-22(13-11-21)19-30-16-14-28-17-24(26-27-28)25(20(2)3)23-8-6-5-7-9-23/h5-9,17,20-22,25H,4,10-16,18-19H2,1-3H3. The summed E-state index contributed by atoms with van der Waals surface area (Å²) in [6.07, 6.45) is 8.28. The van der Waals surface area contributed by atoms with Crippen LogP contribution in [0.4, 0.5) is 0 Å². The van der Waals surface area contributed by atoms with Gasteiger partial charge in [-0.15, -0.1) is 5.10 Å². The number of benzene rings is 1. The van der Waals surface area contributed by atoms with Crippen molar-refractivity contribution in [2.24, 2.45) is 17.8 Å². The highest BCUT2D eigenvalue weighted by Crippen LogP contribution is 2.30. The Balaban J connectivity index is 1.38. The summed E-state index contributed by atoms with van der Waals surface area (Å²) in [5.41, 5.74) is 2.34. The third-order valence-electron chi connectivity index (χ3n) is 6.19. The molecule has 0 spiro atoms. The number of rotatable bonds is 12. The van der Waals surface area contributed by atoms with Gasteiger partial charge in [0.25, 0.3) is 0 Å². The van der Waals surface area contributed by atoms with Gasteiger partial charge in [-0.3, -0.25) is 0 Å². The lowest BCUT2D eigenvalue weighted by molar-refractivity contribution is 0.0470. The highest BCUT2D eigenvalue weighted by atomic mass is 16.5. The van der Waals surface area contributed by atoms with Crippen LogP contribution in [0.25, 0.3) is 0 Å². The van der Waals surface area contributed by atoms with Crippen LogP contribution >= 0.6 is 0 Å². The zero-order valence-corrected chi connectivity index (χ0v) is 19.0. The van der Waals surface area contributed by atoms with Crippen molar-refractivity contribution in [3.8, 4) is 0 Å². The predicted octanol–water partition coefficient (Wildman–Crippen LogP) is 5.32. The van der Waals surface area contributed by atoms with Gasteiger partial charge in [-0.1, -0.05) is 56.3 Å². The highest BCUT2D eigenvalue weighted by Gasteiger charge is 2.22. The first kappa shape index (κ1) is 23.0. The first-order chi connectivity index (χ1) is 14.7. The Labute approximate surface area is 182 Å². The summed E-state index contributed by atoms with van der Waals surface area (Å²) in [5.74, 6) is 2.19. The molecule has 1 heterocycles. The fraction of sp³-hybridized carbons (Fsp3) is 0.680. The molecular weight excluding hydrogens is 374 g/mol. The average Bonchev–Trinajstić information content (AvgIpc) is 3.21. The van der Waals surface area contributed by atoms with Gasteiger partial charge in [0.2, 0.25) is 0 Å². The van der Waals surface area contributed by atoms with Crippen molar-refractivity contribution in [3.63, 3.8) is 0 Å². The van der Waals surface area contributed by atoms with Gasteiger partial charge in [0.1, 0.15) is 0 Å². The maximum absolute atomic E-state index is 5.99. The van der Waals surface area contributed by atoms with Crippen LogP contribution in [0.15, 0.2) is 36.5 Å². The number of hydrogen-bond donors (Lipinski definition) is 0. The van der Waals surface area contributed by atoms with Crippen LogP contribution in [0, 0.1) is 17.8 Å². The molecule has 1 aliphatic rings. The van der Waals surface area contributed by atoms with Crippen molar-refractivity contribution in [1.82, 2.24) is 15.0 Å². The third-order valence-corrected chi connectivity index (χ3v) is 6.19. The quantitative estimate of drug-likeness (QED) is 0.442. The van der Waals surface area contributed by atoms with Crippen LogP contribution in [0.2, 0.25) is 0 Å². The molecule has 1 atom stereocenters. The molecule has 1 fully saturated rings. The molecule has 166 valence electrons. The first-order valence-corrected chi connectivity index (χ1v) is 11.8. The van der Waals surface area contributed by atoms with Crippen LogP contribution < -0.4 is 0 Å². The number of aromatic nitrogens is 3. The minimum Gasteiger partial charge on any atom is -0.381 e. The fourth-order valence-electron chi connectivity index (χ4n) is 4.49. The SMILES string of the molecule is CCCOCC1CCC(COCCn2cc(C(c3ccccc3)C(C)C)nn2)CC1. The Hall–Kier alpha value is -1.72. The normalized spacial score (nSPS) is 20.5. The van der Waals surface area contributed by atoms with Crippen molar-refractivity contribution in [3.05, 3.63) is 47.8 Å². The van der Waals surface area contributed by atoms with E-state index in [-0.39, 0.29) is 5.92 Å². The van der Waals surface area contributed by atoms with E-state index in [0.29, 0.717) is 18.4 Å². The molecule has 1 saturated carbocycles. The Kier molecular flexibility index (Phi) is 9.34. The van der Waals surface area contributed by atoms with Crippen molar-refractivity contribution in [2.75, 3.05) is 26.4 Å². The molecule has 1 aromatic heterocycles. The first-order valence-electron chi connectivity index (χ1n) is 11.8. The second-order valence-electron chi connectivity index (χ2n) is 9.08. The van der Waals surface area contributed by atoms with Gasteiger partial charge in [0, 0.05) is 31.9 Å². The molecule has 0 bridgehead atoms. The molecule has 1 aliphatic carbocycles. The average molecular weight is 414 g/mol. The Morgan fingerprint density at radius 1 is 0.967 bits per heavy atom. The highest BCUT2D eigenvalue weighted by molar-refractivity contribution is 5.27. The largest absolute Gasteiger partial charge is 0.381 e. The number of ether oxygens (including phenoxy) is 2. The summed E-state index contributed by atoms with van der Waals surface area (Å²) < 4.78 is 13.6. The molecule has 30 heavy (non-hydrogen) atoms. The molecule has 5 heteroatoms. The Bertz CT molecular complexity index is 708. The summed E-state index contributed by atoms with van der Waals surface area (Å²) in [7, 11) is 0. The summed E-state index contributed by atoms with van der Waals surface area (Å²) in [6.45, 7) is 10.8. The van der Waals surface area contributed by atoms with Crippen LogP contribution in [0.3, 0.4) is 0 Å². The van der Waals surface area contributed by atoms with Crippen molar-refractivity contribution < 1.29 is 9.47 Å². The molecule has 5 nitrogen and oxygen atoms in total. The van der Waals surface area contributed by atoms with Crippen molar-refractivity contribution in [2.45, 2.75) is 65.3 Å².